The van der Waals surface area contributed by atoms with Crippen LogP contribution in [0.15, 0.2) is 109 Å². The number of benzene rings is 4. The minimum atomic E-state index is -0.0862. The van der Waals surface area contributed by atoms with Gasteiger partial charge in [0.2, 0.25) is 5.91 Å². The Morgan fingerprint density at radius 3 is 2.16 bits per heavy atom. The Morgan fingerprint density at radius 1 is 0.773 bits per heavy atom. The molecule has 1 fully saturated rings. The normalized spacial score (nSPS) is 14.5. The van der Waals surface area contributed by atoms with Crippen molar-refractivity contribution in [2.75, 3.05) is 39.8 Å². The topological polar surface area (TPSA) is 46.9 Å². The van der Waals surface area contributed by atoms with Gasteiger partial charge in [-0.2, -0.15) is 0 Å². The summed E-state index contributed by atoms with van der Waals surface area (Å²) in [6, 6.07) is 35.3. The molecule has 0 spiro atoms. The minimum absolute atomic E-state index is 0.0862. The van der Waals surface area contributed by atoms with Gasteiger partial charge in [-0.25, -0.2) is 0 Å². The lowest BCUT2D eigenvalue weighted by Crippen LogP contribution is -2.48. The second-order valence-electron chi connectivity index (χ2n) is 11.5. The van der Waals surface area contributed by atoms with Gasteiger partial charge in [0.25, 0.3) is 0 Å². The largest absolute Gasteiger partial charge is 0.497 e. The SMILES string of the molecule is CCN1CCN(C(=O)C[C@@H](c2ccc(OCc3ccccc3)cc2)c2cn(Cc3ccc(OC)cc3)c3ccccc23)CC1. The summed E-state index contributed by atoms with van der Waals surface area (Å²) in [6.45, 7) is 7.89. The summed E-state index contributed by atoms with van der Waals surface area (Å²) >= 11 is 0. The standard InChI is InChI=1S/C38H41N3O3/c1-3-39-21-23-40(24-22-39)38(42)25-35(31-15-19-33(20-16-31)44-28-30-9-5-4-6-10-30)36-27-41(37-12-8-7-11-34(36)37)26-29-13-17-32(43-2)18-14-29/h4-20,27,35H,3,21-26,28H2,1-2H3/t35-/m0/s1. The van der Waals surface area contributed by atoms with Crippen LogP contribution in [0.1, 0.15) is 41.5 Å². The smallest absolute Gasteiger partial charge is 0.223 e. The molecule has 0 N–H and O–H groups in total. The van der Waals surface area contributed by atoms with E-state index < -0.39 is 0 Å². The average Bonchev–Trinajstić information content (AvgIpc) is 3.45. The number of carbonyl (C=O) groups excluding carboxylic acids is 1. The van der Waals surface area contributed by atoms with E-state index in [1.54, 1.807) is 7.11 Å². The van der Waals surface area contributed by atoms with Crippen LogP contribution in [0.3, 0.4) is 0 Å². The number of rotatable bonds is 11. The van der Waals surface area contributed by atoms with Gasteiger partial charge in [0.15, 0.2) is 0 Å². The third-order valence-electron chi connectivity index (χ3n) is 8.79. The molecule has 1 amide bonds. The van der Waals surface area contributed by atoms with Gasteiger partial charge in [0.1, 0.15) is 18.1 Å². The summed E-state index contributed by atoms with van der Waals surface area (Å²) in [5.41, 5.74) is 5.78. The first-order chi connectivity index (χ1) is 21.6. The van der Waals surface area contributed by atoms with E-state index in [0.29, 0.717) is 13.0 Å². The molecule has 1 saturated heterocycles. The fourth-order valence-electron chi connectivity index (χ4n) is 6.17. The van der Waals surface area contributed by atoms with Gasteiger partial charge < -0.3 is 23.8 Å². The molecule has 0 aliphatic carbocycles. The Hall–Kier alpha value is -4.55. The van der Waals surface area contributed by atoms with Gasteiger partial charge in [0.05, 0.1) is 7.11 Å². The minimum Gasteiger partial charge on any atom is -0.497 e. The first kappa shape index (κ1) is 29.5. The van der Waals surface area contributed by atoms with Crippen molar-refractivity contribution in [2.24, 2.45) is 0 Å². The van der Waals surface area contributed by atoms with Crippen LogP contribution in [0, 0.1) is 0 Å². The third-order valence-corrected chi connectivity index (χ3v) is 8.79. The number of amides is 1. The van der Waals surface area contributed by atoms with E-state index in [9.17, 15) is 4.79 Å². The highest BCUT2D eigenvalue weighted by Gasteiger charge is 2.27. The van der Waals surface area contributed by atoms with E-state index in [1.807, 2.05) is 47.4 Å². The summed E-state index contributed by atoms with van der Waals surface area (Å²) in [4.78, 5) is 18.3. The molecule has 5 aromatic rings. The molecule has 1 aromatic heterocycles. The van der Waals surface area contributed by atoms with E-state index >= 15 is 0 Å². The quantitative estimate of drug-likeness (QED) is 0.168. The van der Waals surface area contributed by atoms with Gasteiger partial charge >= 0.3 is 0 Å². The number of hydrogen-bond donors (Lipinski definition) is 0. The lowest BCUT2D eigenvalue weighted by molar-refractivity contribution is -0.133. The molecule has 6 nitrogen and oxygen atoms in total. The molecule has 226 valence electrons. The van der Waals surface area contributed by atoms with E-state index in [0.717, 1.165) is 67.4 Å². The molecule has 44 heavy (non-hydrogen) atoms. The van der Waals surface area contributed by atoms with Crippen molar-refractivity contribution in [2.45, 2.75) is 32.4 Å². The van der Waals surface area contributed by atoms with Crippen molar-refractivity contribution in [3.63, 3.8) is 0 Å². The van der Waals surface area contributed by atoms with Crippen molar-refractivity contribution in [1.29, 1.82) is 0 Å². The van der Waals surface area contributed by atoms with Gasteiger partial charge in [-0.05, 0) is 59.1 Å². The van der Waals surface area contributed by atoms with Gasteiger partial charge in [0, 0.05) is 62.2 Å². The number of carbonyl (C=O) groups is 1. The van der Waals surface area contributed by atoms with Crippen LogP contribution in [0.4, 0.5) is 0 Å². The Labute approximate surface area is 260 Å². The molecular formula is C38H41N3O3. The van der Waals surface area contributed by atoms with Crippen LogP contribution in [0.25, 0.3) is 10.9 Å². The molecule has 1 atom stereocenters. The van der Waals surface area contributed by atoms with Crippen LogP contribution >= 0.6 is 0 Å². The third kappa shape index (κ3) is 6.81. The maximum absolute atomic E-state index is 13.8. The number of likely N-dealkylation sites (N-methyl/N-ethyl adjacent to an activating group) is 1. The van der Waals surface area contributed by atoms with Crippen LogP contribution < -0.4 is 9.47 Å². The van der Waals surface area contributed by atoms with Crippen LogP contribution in [0.5, 0.6) is 11.5 Å². The number of para-hydroxylation sites is 1. The Balaban J connectivity index is 1.31. The van der Waals surface area contributed by atoms with Gasteiger partial charge in [-0.15, -0.1) is 0 Å². The number of aromatic nitrogens is 1. The monoisotopic (exact) mass is 587 g/mol. The zero-order chi connectivity index (χ0) is 30.3. The van der Waals surface area contributed by atoms with Crippen molar-refractivity contribution in [3.05, 3.63) is 132 Å². The van der Waals surface area contributed by atoms with Crippen molar-refractivity contribution in [3.8, 4) is 11.5 Å². The fourth-order valence-corrected chi connectivity index (χ4v) is 6.17. The predicted octanol–water partition coefficient (Wildman–Crippen LogP) is 6.96. The summed E-state index contributed by atoms with van der Waals surface area (Å²) in [5, 5.41) is 1.18. The summed E-state index contributed by atoms with van der Waals surface area (Å²) in [5.74, 6) is 1.79. The first-order valence-corrected chi connectivity index (χ1v) is 15.6. The maximum atomic E-state index is 13.8. The highest BCUT2D eigenvalue weighted by atomic mass is 16.5. The molecule has 0 radical (unpaired) electrons. The van der Waals surface area contributed by atoms with E-state index in [4.69, 9.17) is 9.47 Å². The zero-order valence-corrected chi connectivity index (χ0v) is 25.7. The van der Waals surface area contributed by atoms with Gasteiger partial charge in [-0.1, -0.05) is 79.7 Å². The van der Waals surface area contributed by atoms with Crippen molar-refractivity contribution < 1.29 is 14.3 Å². The highest BCUT2D eigenvalue weighted by molar-refractivity contribution is 5.87. The summed E-state index contributed by atoms with van der Waals surface area (Å²) < 4.78 is 13.8. The van der Waals surface area contributed by atoms with E-state index in [1.165, 1.54) is 16.5 Å². The predicted molar refractivity (Wildman–Crippen MR) is 176 cm³/mol. The second kappa shape index (κ2) is 13.8. The van der Waals surface area contributed by atoms with E-state index in [2.05, 4.69) is 83.3 Å². The molecule has 4 aromatic carbocycles. The molecular weight excluding hydrogens is 546 g/mol. The first-order valence-electron chi connectivity index (χ1n) is 15.6. The zero-order valence-electron chi connectivity index (χ0n) is 25.7. The summed E-state index contributed by atoms with van der Waals surface area (Å²) in [7, 11) is 1.69. The van der Waals surface area contributed by atoms with Crippen molar-refractivity contribution >= 4 is 16.8 Å². The fraction of sp³-hybridized carbons (Fsp3) is 0.289. The Bertz CT molecular complexity index is 1650. The number of piperazine rings is 1. The molecule has 6 heteroatoms. The Morgan fingerprint density at radius 2 is 1.45 bits per heavy atom. The molecule has 1 aliphatic heterocycles. The highest BCUT2D eigenvalue weighted by Crippen LogP contribution is 2.36. The lowest BCUT2D eigenvalue weighted by Gasteiger charge is -2.35. The molecule has 6 rings (SSSR count). The molecule has 2 heterocycles. The number of hydrogen-bond acceptors (Lipinski definition) is 4. The van der Waals surface area contributed by atoms with E-state index in [-0.39, 0.29) is 11.8 Å². The summed E-state index contributed by atoms with van der Waals surface area (Å²) in [6.07, 6.45) is 2.68. The lowest BCUT2D eigenvalue weighted by atomic mass is 9.87. The number of nitrogens with zero attached hydrogens (tertiary/aromatic N) is 3. The molecule has 1 aliphatic rings. The van der Waals surface area contributed by atoms with Crippen molar-refractivity contribution in [1.82, 2.24) is 14.4 Å². The second-order valence-corrected chi connectivity index (χ2v) is 11.5. The molecule has 0 bridgehead atoms. The molecule has 0 saturated carbocycles. The molecule has 0 unspecified atom stereocenters. The number of methoxy groups -OCH3 is 1. The van der Waals surface area contributed by atoms with Crippen LogP contribution in [-0.4, -0.2) is 60.1 Å². The maximum Gasteiger partial charge on any atom is 0.223 e. The Kier molecular flexibility index (Phi) is 9.28. The van der Waals surface area contributed by atoms with Gasteiger partial charge in [-0.3, -0.25) is 4.79 Å². The number of fused-ring (bicyclic) bond motifs is 1. The van der Waals surface area contributed by atoms with Crippen LogP contribution in [-0.2, 0) is 17.9 Å². The van der Waals surface area contributed by atoms with Crippen LogP contribution in [0.2, 0.25) is 0 Å². The average molecular weight is 588 g/mol. The number of ether oxygens (including phenoxy) is 2.